The second-order valence-corrected chi connectivity index (χ2v) is 1.93. The molecular formula is C6H10NOS. The monoisotopic (exact) mass is 144 g/mol. The molecule has 0 aromatic carbocycles. The predicted molar refractivity (Wildman–Crippen MR) is 40.0 cm³/mol. The van der Waals surface area contributed by atoms with E-state index in [-0.39, 0.29) is 5.91 Å². The minimum Gasteiger partial charge on any atom is -0.333 e. The minimum absolute atomic E-state index is 0.0110. The molecule has 0 atom stereocenters. The number of amides is 1. The molecule has 51 valence electrons. The Morgan fingerprint density at radius 3 is 2.89 bits per heavy atom. The molecule has 0 aromatic rings. The van der Waals surface area contributed by atoms with Crippen LogP contribution in [0.5, 0.6) is 0 Å². The highest BCUT2D eigenvalue weighted by molar-refractivity contribution is 7.80. The number of hydrogen-bond donors (Lipinski definition) is 1. The van der Waals surface area contributed by atoms with E-state index in [0.717, 1.165) is 0 Å². The Bertz CT molecular complexity index is 112. The number of carbonyl (C=O) groups is 1. The Morgan fingerprint density at radius 2 is 2.44 bits per heavy atom. The lowest BCUT2D eigenvalue weighted by atomic mass is 10.4. The highest BCUT2D eigenvalue weighted by atomic mass is 32.1. The average Bonchev–Trinajstić information content (AvgIpc) is 1.85. The molecule has 0 saturated carbocycles. The highest BCUT2D eigenvalue weighted by Gasteiger charge is 1.92. The molecule has 0 aliphatic heterocycles. The van der Waals surface area contributed by atoms with Gasteiger partial charge in [-0.3, -0.25) is 4.79 Å². The van der Waals surface area contributed by atoms with Gasteiger partial charge in [0.25, 0.3) is 0 Å². The molecule has 1 N–H and O–H groups in total. The number of hydrogen-bond acceptors (Lipinski definition) is 1. The van der Waals surface area contributed by atoms with Gasteiger partial charge in [0.05, 0.1) is 0 Å². The van der Waals surface area contributed by atoms with Crippen molar-refractivity contribution in [1.82, 2.24) is 5.32 Å². The van der Waals surface area contributed by atoms with E-state index < -0.39 is 0 Å². The maximum atomic E-state index is 10.6. The van der Waals surface area contributed by atoms with E-state index >= 15 is 0 Å². The first-order valence-corrected chi connectivity index (χ1v) is 3.37. The Kier molecular flexibility index (Phi) is 5.41. The van der Waals surface area contributed by atoms with Crippen molar-refractivity contribution >= 4 is 18.5 Å². The van der Waals surface area contributed by atoms with Crippen molar-refractivity contribution in [2.24, 2.45) is 0 Å². The normalized spacial score (nSPS) is 10.0. The molecule has 0 saturated heterocycles. The van der Waals surface area contributed by atoms with E-state index in [1.807, 2.05) is 6.92 Å². The number of nitrogens with one attached hydrogen (secondary N) is 1. The molecule has 3 heteroatoms. The topological polar surface area (TPSA) is 29.1 Å². The van der Waals surface area contributed by atoms with E-state index in [9.17, 15) is 4.79 Å². The van der Waals surface area contributed by atoms with Gasteiger partial charge in [0.2, 0.25) is 5.91 Å². The molecule has 0 fully saturated rings. The maximum Gasteiger partial charge on any atom is 0.224 e. The van der Waals surface area contributed by atoms with E-state index in [2.05, 4.69) is 17.9 Å². The molecule has 0 aromatic heterocycles. The Hall–Kier alpha value is -0.440. The van der Waals surface area contributed by atoms with Crippen LogP contribution in [0.1, 0.15) is 13.3 Å². The second kappa shape index (κ2) is 5.69. The molecule has 0 rings (SSSR count). The van der Waals surface area contributed by atoms with Crippen LogP contribution in [0.3, 0.4) is 0 Å². The second-order valence-electron chi connectivity index (χ2n) is 1.52. The molecular weight excluding hydrogens is 134 g/mol. The van der Waals surface area contributed by atoms with Crippen molar-refractivity contribution in [3.63, 3.8) is 0 Å². The molecule has 1 amide bonds. The van der Waals surface area contributed by atoms with Crippen molar-refractivity contribution in [1.29, 1.82) is 0 Å². The molecule has 0 bridgehead atoms. The van der Waals surface area contributed by atoms with E-state index in [4.69, 9.17) is 0 Å². The molecule has 0 heterocycles. The van der Waals surface area contributed by atoms with Crippen molar-refractivity contribution in [2.75, 3.05) is 5.75 Å². The number of allylic oxidation sites excluding steroid dienone is 1. The first kappa shape index (κ1) is 8.56. The average molecular weight is 144 g/mol. The summed E-state index contributed by atoms with van der Waals surface area (Å²) in [5, 5.41) is 2.55. The van der Waals surface area contributed by atoms with Gasteiger partial charge >= 0.3 is 0 Å². The lowest BCUT2D eigenvalue weighted by molar-refractivity contribution is -0.119. The zero-order valence-electron chi connectivity index (χ0n) is 5.39. The summed E-state index contributed by atoms with van der Waals surface area (Å²) in [7, 11) is 0. The third-order valence-corrected chi connectivity index (χ3v) is 0.944. The van der Waals surface area contributed by atoms with Gasteiger partial charge in [0.15, 0.2) is 0 Å². The standard InChI is InChI=1S/C6H10NOS/c1-2-4-7-6(8)3-5-9/h2,4H,3,5H2,1H3,(H,7,8). The van der Waals surface area contributed by atoms with Crippen LogP contribution in [-0.4, -0.2) is 11.7 Å². The van der Waals surface area contributed by atoms with Crippen molar-refractivity contribution in [2.45, 2.75) is 13.3 Å². The zero-order chi connectivity index (χ0) is 7.11. The quantitative estimate of drug-likeness (QED) is 0.634. The van der Waals surface area contributed by atoms with Gasteiger partial charge in [-0.05, 0) is 13.1 Å². The van der Waals surface area contributed by atoms with Gasteiger partial charge in [-0.1, -0.05) is 18.7 Å². The molecule has 0 aliphatic rings. The number of rotatable bonds is 3. The van der Waals surface area contributed by atoms with Crippen molar-refractivity contribution in [3.8, 4) is 0 Å². The minimum atomic E-state index is -0.0110. The first-order chi connectivity index (χ1) is 4.31. The Labute approximate surface area is 60.7 Å². The fourth-order valence-corrected chi connectivity index (χ4v) is 0.527. The summed E-state index contributed by atoms with van der Waals surface area (Å²) >= 11 is 4.59. The van der Waals surface area contributed by atoms with Crippen LogP contribution < -0.4 is 5.32 Å². The number of carbonyl (C=O) groups excluding carboxylic acids is 1. The summed E-state index contributed by atoms with van der Waals surface area (Å²) < 4.78 is 0. The van der Waals surface area contributed by atoms with Crippen LogP contribution in [0.4, 0.5) is 0 Å². The van der Waals surface area contributed by atoms with Crippen LogP contribution in [0.25, 0.3) is 0 Å². The summed E-state index contributed by atoms with van der Waals surface area (Å²) in [4.78, 5) is 10.6. The lowest BCUT2D eigenvalue weighted by Gasteiger charge is -1.93. The van der Waals surface area contributed by atoms with Crippen LogP contribution in [-0.2, 0) is 4.79 Å². The van der Waals surface area contributed by atoms with Crippen LogP contribution >= 0.6 is 12.6 Å². The maximum absolute atomic E-state index is 10.6. The van der Waals surface area contributed by atoms with E-state index in [1.54, 1.807) is 12.3 Å². The summed E-state index contributed by atoms with van der Waals surface area (Å²) in [6, 6.07) is 0. The molecule has 2 nitrogen and oxygen atoms in total. The van der Waals surface area contributed by atoms with Gasteiger partial charge in [0, 0.05) is 12.2 Å². The molecule has 1 radical (unpaired) electrons. The summed E-state index contributed by atoms with van der Waals surface area (Å²) in [6.45, 7) is 1.84. The van der Waals surface area contributed by atoms with Crippen LogP contribution in [0.15, 0.2) is 12.3 Å². The Balaban J connectivity index is 3.27. The zero-order valence-corrected chi connectivity index (χ0v) is 6.20. The summed E-state index contributed by atoms with van der Waals surface area (Å²) in [6.07, 6.45) is 3.80. The van der Waals surface area contributed by atoms with Gasteiger partial charge in [-0.25, -0.2) is 0 Å². The van der Waals surface area contributed by atoms with Gasteiger partial charge in [0.1, 0.15) is 0 Å². The van der Waals surface area contributed by atoms with E-state index in [0.29, 0.717) is 12.2 Å². The predicted octanol–water partition coefficient (Wildman–Crippen LogP) is 1.22. The first-order valence-electron chi connectivity index (χ1n) is 2.80. The third kappa shape index (κ3) is 5.43. The largest absolute Gasteiger partial charge is 0.333 e. The fraction of sp³-hybridized carbons (Fsp3) is 0.500. The van der Waals surface area contributed by atoms with Gasteiger partial charge < -0.3 is 5.32 Å². The third-order valence-electron chi connectivity index (χ3n) is 0.740. The van der Waals surface area contributed by atoms with Gasteiger partial charge in [-0.2, -0.15) is 0 Å². The summed E-state index contributed by atoms with van der Waals surface area (Å²) in [5.41, 5.74) is 0. The molecule has 0 aliphatic carbocycles. The highest BCUT2D eigenvalue weighted by Crippen LogP contribution is 1.82. The van der Waals surface area contributed by atoms with Crippen LogP contribution in [0, 0.1) is 0 Å². The summed E-state index contributed by atoms with van der Waals surface area (Å²) in [5.74, 6) is 0.478. The van der Waals surface area contributed by atoms with Gasteiger partial charge in [-0.15, -0.1) is 0 Å². The van der Waals surface area contributed by atoms with Crippen LogP contribution in [0.2, 0.25) is 0 Å². The van der Waals surface area contributed by atoms with Crippen molar-refractivity contribution < 1.29 is 4.79 Å². The SMILES string of the molecule is CC=CNC(=O)CC[S]. The van der Waals surface area contributed by atoms with Crippen molar-refractivity contribution in [3.05, 3.63) is 12.3 Å². The smallest absolute Gasteiger partial charge is 0.224 e. The molecule has 0 spiro atoms. The van der Waals surface area contributed by atoms with E-state index in [1.165, 1.54) is 0 Å². The molecule has 9 heavy (non-hydrogen) atoms. The lowest BCUT2D eigenvalue weighted by Crippen LogP contribution is -2.16. The fourth-order valence-electron chi connectivity index (χ4n) is 0.341. The Morgan fingerprint density at radius 1 is 1.78 bits per heavy atom. The molecule has 0 unspecified atom stereocenters.